The molecule has 1 heterocycles. The second-order valence-corrected chi connectivity index (χ2v) is 3.26. The van der Waals surface area contributed by atoms with Crippen molar-refractivity contribution in [3.63, 3.8) is 0 Å². The Morgan fingerprint density at radius 3 is 2.57 bits per heavy atom. The van der Waals surface area contributed by atoms with Gasteiger partial charge >= 0.3 is 0 Å². The fraction of sp³-hybridized carbons (Fsp3) is 0.875. The quantitative estimate of drug-likeness (QED) is 0.400. The lowest BCUT2D eigenvalue weighted by Gasteiger charge is -2.37. The van der Waals surface area contributed by atoms with E-state index in [9.17, 15) is 20.1 Å². The summed E-state index contributed by atoms with van der Waals surface area (Å²) < 4.78 is 4.90. The predicted octanol–water partition coefficient (Wildman–Crippen LogP) is -2.67. The topological polar surface area (TPSA) is 107 Å². The van der Waals surface area contributed by atoms with E-state index in [1.807, 2.05) is 0 Å². The Labute approximate surface area is 80.7 Å². The molecule has 0 bridgehead atoms. The average Bonchev–Trinajstić information content (AvgIpc) is 2.15. The molecule has 1 unspecified atom stereocenters. The third-order valence-electron chi connectivity index (χ3n) is 2.21. The van der Waals surface area contributed by atoms with Gasteiger partial charge in [0.05, 0.1) is 12.7 Å². The summed E-state index contributed by atoms with van der Waals surface area (Å²) in [5.41, 5.74) is 0. The van der Waals surface area contributed by atoms with Crippen LogP contribution in [0.15, 0.2) is 0 Å². The summed E-state index contributed by atoms with van der Waals surface area (Å²) in [6, 6.07) is 0. The molecule has 0 aromatic rings. The molecular weight excluding hydrogens is 192 g/mol. The van der Waals surface area contributed by atoms with Crippen molar-refractivity contribution in [3.05, 3.63) is 0 Å². The summed E-state index contributed by atoms with van der Waals surface area (Å²) in [5, 5.41) is 37.0. The zero-order valence-corrected chi connectivity index (χ0v) is 7.41. The molecule has 0 aromatic carbocycles. The first-order valence-corrected chi connectivity index (χ1v) is 4.26. The van der Waals surface area contributed by atoms with E-state index in [0.29, 0.717) is 0 Å². The lowest BCUT2D eigenvalue weighted by molar-refractivity contribution is -0.209. The summed E-state index contributed by atoms with van der Waals surface area (Å²) in [4.78, 5) is 9.98. The molecule has 1 saturated heterocycles. The first-order chi connectivity index (χ1) is 6.57. The number of aliphatic hydroxyl groups is 4. The van der Waals surface area contributed by atoms with Gasteiger partial charge in [0.2, 0.25) is 6.29 Å². The SMILES string of the molecule is O=[C]CC(O)[C@H]1OC[C@@H](O)[C@@H](O)[C@@H]1O. The molecule has 0 aliphatic carbocycles. The molecule has 1 fully saturated rings. The molecule has 0 spiro atoms. The molecule has 6 nitrogen and oxygen atoms in total. The van der Waals surface area contributed by atoms with E-state index in [1.54, 1.807) is 0 Å². The lowest BCUT2D eigenvalue weighted by atomic mass is 9.95. The standard InChI is InChI=1S/C8H13O6/c9-2-1-4(10)8-7(13)6(12)5(11)3-14-8/h4-8,10-13H,1,3H2/t4?,5-,6-,7+,8-/m1/s1. The fourth-order valence-corrected chi connectivity index (χ4v) is 1.37. The van der Waals surface area contributed by atoms with E-state index in [-0.39, 0.29) is 13.0 Å². The highest BCUT2D eigenvalue weighted by atomic mass is 16.5. The zero-order valence-electron chi connectivity index (χ0n) is 7.41. The minimum atomic E-state index is -1.40. The number of ether oxygens (including phenoxy) is 1. The van der Waals surface area contributed by atoms with E-state index in [4.69, 9.17) is 9.84 Å². The van der Waals surface area contributed by atoms with Crippen molar-refractivity contribution in [3.8, 4) is 0 Å². The number of carbonyl (C=O) groups excluding carboxylic acids is 1. The Bertz CT molecular complexity index is 196. The van der Waals surface area contributed by atoms with Gasteiger partial charge in [0.25, 0.3) is 0 Å². The van der Waals surface area contributed by atoms with Crippen molar-refractivity contribution in [2.24, 2.45) is 0 Å². The number of rotatable bonds is 3. The van der Waals surface area contributed by atoms with Gasteiger partial charge in [0, 0.05) is 6.42 Å². The van der Waals surface area contributed by atoms with Crippen molar-refractivity contribution in [2.45, 2.75) is 36.9 Å². The summed E-state index contributed by atoms with van der Waals surface area (Å²) in [5.74, 6) is 0. The second-order valence-electron chi connectivity index (χ2n) is 3.26. The van der Waals surface area contributed by atoms with Crippen molar-refractivity contribution >= 4 is 6.29 Å². The molecule has 14 heavy (non-hydrogen) atoms. The van der Waals surface area contributed by atoms with E-state index in [2.05, 4.69) is 0 Å². The summed E-state index contributed by atoms with van der Waals surface area (Å²) in [6.45, 7) is -0.182. The summed E-state index contributed by atoms with van der Waals surface area (Å²) in [7, 11) is 0. The van der Waals surface area contributed by atoms with Gasteiger partial charge in [-0.2, -0.15) is 0 Å². The predicted molar refractivity (Wildman–Crippen MR) is 44.1 cm³/mol. The van der Waals surface area contributed by atoms with Crippen molar-refractivity contribution in [1.82, 2.24) is 0 Å². The van der Waals surface area contributed by atoms with Gasteiger partial charge in [-0.15, -0.1) is 0 Å². The van der Waals surface area contributed by atoms with E-state index in [1.165, 1.54) is 6.29 Å². The van der Waals surface area contributed by atoms with Gasteiger partial charge in [-0.1, -0.05) is 0 Å². The molecule has 1 radical (unpaired) electrons. The molecule has 81 valence electrons. The molecule has 1 rings (SSSR count). The third kappa shape index (κ3) is 2.28. The van der Waals surface area contributed by atoms with E-state index in [0.717, 1.165) is 0 Å². The van der Waals surface area contributed by atoms with Crippen LogP contribution in [-0.4, -0.2) is 63.8 Å². The van der Waals surface area contributed by atoms with Crippen LogP contribution in [0.25, 0.3) is 0 Å². The highest BCUT2D eigenvalue weighted by Crippen LogP contribution is 2.19. The fourth-order valence-electron chi connectivity index (χ4n) is 1.37. The molecule has 0 saturated carbocycles. The first-order valence-electron chi connectivity index (χ1n) is 4.26. The van der Waals surface area contributed by atoms with E-state index >= 15 is 0 Å². The van der Waals surface area contributed by atoms with Crippen LogP contribution in [-0.2, 0) is 9.53 Å². The van der Waals surface area contributed by atoms with Crippen LogP contribution in [0.1, 0.15) is 6.42 Å². The molecule has 5 atom stereocenters. The highest BCUT2D eigenvalue weighted by Gasteiger charge is 2.40. The monoisotopic (exact) mass is 205 g/mol. The Hall–Kier alpha value is -0.530. The maximum absolute atomic E-state index is 9.98. The van der Waals surface area contributed by atoms with Crippen molar-refractivity contribution in [1.29, 1.82) is 0 Å². The summed E-state index contributed by atoms with van der Waals surface area (Å²) >= 11 is 0. The molecule has 1 aliphatic heterocycles. The number of hydrogen-bond donors (Lipinski definition) is 4. The highest BCUT2D eigenvalue weighted by molar-refractivity contribution is 5.51. The van der Waals surface area contributed by atoms with Crippen LogP contribution < -0.4 is 0 Å². The Balaban J connectivity index is 2.58. The Kier molecular flexibility index (Phi) is 3.97. The zero-order chi connectivity index (χ0) is 10.7. The van der Waals surface area contributed by atoms with Crippen LogP contribution in [0.4, 0.5) is 0 Å². The lowest BCUT2D eigenvalue weighted by Crippen LogP contribution is -2.56. The van der Waals surface area contributed by atoms with Gasteiger partial charge in [0.1, 0.15) is 24.4 Å². The Morgan fingerprint density at radius 1 is 1.36 bits per heavy atom. The van der Waals surface area contributed by atoms with Gasteiger partial charge in [-0.05, 0) is 0 Å². The molecule has 1 aliphatic rings. The minimum Gasteiger partial charge on any atom is -0.390 e. The molecule has 0 aromatic heterocycles. The van der Waals surface area contributed by atoms with Crippen molar-refractivity contribution in [2.75, 3.05) is 6.61 Å². The van der Waals surface area contributed by atoms with Crippen LogP contribution in [0.5, 0.6) is 0 Å². The van der Waals surface area contributed by atoms with Gasteiger partial charge in [-0.25, -0.2) is 0 Å². The molecule has 4 N–H and O–H groups in total. The molecule has 6 heteroatoms. The third-order valence-corrected chi connectivity index (χ3v) is 2.21. The smallest absolute Gasteiger partial charge is 0.201 e. The van der Waals surface area contributed by atoms with Gasteiger partial charge in [-0.3, -0.25) is 4.79 Å². The van der Waals surface area contributed by atoms with Crippen LogP contribution >= 0.6 is 0 Å². The van der Waals surface area contributed by atoms with Gasteiger partial charge < -0.3 is 25.2 Å². The first kappa shape index (κ1) is 11.5. The largest absolute Gasteiger partial charge is 0.390 e. The molecule has 0 amide bonds. The van der Waals surface area contributed by atoms with Gasteiger partial charge in [0.15, 0.2) is 0 Å². The molecular formula is C8H13O6. The Morgan fingerprint density at radius 2 is 2.00 bits per heavy atom. The maximum atomic E-state index is 9.98. The minimum absolute atomic E-state index is 0.182. The number of hydrogen-bond acceptors (Lipinski definition) is 6. The average molecular weight is 205 g/mol. The number of aliphatic hydroxyl groups excluding tert-OH is 4. The summed E-state index contributed by atoms with van der Waals surface area (Å²) in [6.07, 6.45) is -5.04. The van der Waals surface area contributed by atoms with Crippen LogP contribution in [0, 0.1) is 0 Å². The van der Waals surface area contributed by atoms with Crippen LogP contribution in [0.2, 0.25) is 0 Å². The maximum Gasteiger partial charge on any atom is 0.201 e. The second kappa shape index (κ2) is 4.81. The van der Waals surface area contributed by atoms with E-state index < -0.39 is 30.5 Å². The van der Waals surface area contributed by atoms with Crippen molar-refractivity contribution < 1.29 is 30.0 Å². The normalized spacial score (nSPS) is 40.6. The van der Waals surface area contributed by atoms with Crippen LogP contribution in [0.3, 0.4) is 0 Å².